The van der Waals surface area contributed by atoms with Crippen molar-refractivity contribution < 1.29 is 9.53 Å². The van der Waals surface area contributed by atoms with Crippen LogP contribution in [0.3, 0.4) is 0 Å². The lowest BCUT2D eigenvalue weighted by atomic mass is 10.3. The Hall–Kier alpha value is -2.90. The fraction of sp³-hybridized carbons (Fsp3) is 0.231. The van der Waals surface area contributed by atoms with Gasteiger partial charge in [-0.1, -0.05) is 0 Å². The van der Waals surface area contributed by atoms with Gasteiger partial charge in [0.05, 0.1) is 7.11 Å². The summed E-state index contributed by atoms with van der Waals surface area (Å²) in [6.45, 7) is 0.296. The monoisotopic (exact) mass is 289 g/mol. The predicted octanol–water partition coefficient (Wildman–Crippen LogP) is -0.272. The van der Waals surface area contributed by atoms with E-state index < -0.39 is 0 Å². The molecule has 0 saturated heterocycles. The number of nitrogens with two attached hydrogens (primary N) is 1. The number of aromatic nitrogens is 3. The maximum Gasteiger partial charge on any atom is 0.270 e. The van der Waals surface area contributed by atoms with E-state index in [-0.39, 0.29) is 23.0 Å². The zero-order chi connectivity index (χ0) is 15.2. The molecule has 0 saturated carbocycles. The quantitative estimate of drug-likeness (QED) is 0.696. The van der Waals surface area contributed by atoms with Crippen LogP contribution in [0.4, 0.5) is 5.82 Å². The van der Waals surface area contributed by atoms with Gasteiger partial charge in [0.15, 0.2) is 0 Å². The number of ether oxygens (including phenoxy) is 1. The van der Waals surface area contributed by atoms with E-state index in [0.29, 0.717) is 24.5 Å². The maximum atomic E-state index is 11.9. The number of pyridine rings is 1. The number of carbonyl (C=O) groups is 1. The molecule has 0 aromatic carbocycles. The number of carbonyl (C=O) groups excluding carboxylic acids is 1. The highest BCUT2D eigenvalue weighted by atomic mass is 16.5. The van der Waals surface area contributed by atoms with Crippen LogP contribution in [0.2, 0.25) is 0 Å². The van der Waals surface area contributed by atoms with E-state index >= 15 is 0 Å². The number of amides is 1. The third kappa shape index (κ3) is 4.03. The van der Waals surface area contributed by atoms with Gasteiger partial charge in [-0.2, -0.15) is 0 Å². The van der Waals surface area contributed by atoms with Gasteiger partial charge in [-0.15, -0.1) is 0 Å². The minimum Gasteiger partial charge on any atom is -0.497 e. The number of nitrogens with one attached hydrogen (secondary N) is 2. The first-order valence-corrected chi connectivity index (χ1v) is 6.22. The number of aromatic amines is 1. The highest BCUT2D eigenvalue weighted by molar-refractivity contribution is 5.92. The van der Waals surface area contributed by atoms with Gasteiger partial charge in [0.2, 0.25) is 0 Å². The van der Waals surface area contributed by atoms with E-state index in [9.17, 15) is 9.59 Å². The molecule has 21 heavy (non-hydrogen) atoms. The van der Waals surface area contributed by atoms with Crippen LogP contribution in [-0.2, 0) is 6.42 Å². The van der Waals surface area contributed by atoms with Crippen molar-refractivity contribution in [1.29, 1.82) is 0 Å². The maximum absolute atomic E-state index is 11.9. The van der Waals surface area contributed by atoms with Crippen molar-refractivity contribution in [3.8, 4) is 5.75 Å². The summed E-state index contributed by atoms with van der Waals surface area (Å²) in [5.41, 5.74) is 5.40. The van der Waals surface area contributed by atoms with Gasteiger partial charge >= 0.3 is 0 Å². The first-order valence-electron chi connectivity index (χ1n) is 6.22. The number of hydrogen-bond donors (Lipinski definition) is 3. The van der Waals surface area contributed by atoms with Crippen LogP contribution >= 0.6 is 0 Å². The van der Waals surface area contributed by atoms with Crippen molar-refractivity contribution in [1.82, 2.24) is 20.3 Å². The average molecular weight is 289 g/mol. The van der Waals surface area contributed by atoms with E-state index in [1.54, 1.807) is 6.07 Å². The predicted molar refractivity (Wildman–Crippen MR) is 76.1 cm³/mol. The number of methoxy groups -OCH3 is 1. The molecule has 4 N–H and O–H groups in total. The van der Waals surface area contributed by atoms with E-state index in [0.717, 1.165) is 0 Å². The molecule has 0 aliphatic heterocycles. The zero-order valence-corrected chi connectivity index (χ0v) is 11.4. The Balaban J connectivity index is 1.93. The largest absolute Gasteiger partial charge is 0.497 e. The summed E-state index contributed by atoms with van der Waals surface area (Å²) < 4.78 is 5.02. The minimum atomic E-state index is -0.333. The summed E-state index contributed by atoms with van der Waals surface area (Å²) in [6, 6.07) is 4.39. The van der Waals surface area contributed by atoms with Crippen molar-refractivity contribution in [3.05, 3.63) is 46.3 Å². The molecule has 2 aromatic rings. The number of nitrogen functional groups attached to an aromatic ring is 1. The fourth-order valence-corrected chi connectivity index (χ4v) is 1.69. The Morgan fingerprint density at radius 3 is 3.00 bits per heavy atom. The van der Waals surface area contributed by atoms with Gasteiger partial charge in [0, 0.05) is 31.3 Å². The van der Waals surface area contributed by atoms with Crippen molar-refractivity contribution in [3.63, 3.8) is 0 Å². The Morgan fingerprint density at radius 2 is 2.29 bits per heavy atom. The fourth-order valence-electron chi connectivity index (χ4n) is 1.69. The molecule has 110 valence electrons. The summed E-state index contributed by atoms with van der Waals surface area (Å²) in [7, 11) is 1.51. The Bertz CT molecular complexity index is 698. The molecule has 0 spiro atoms. The number of nitrogens with zero attached hydrogens (tertiary/aromatic N) is 2. The Labute approximate surface area is 120 Å². The smallest absolute Gasteiger partial charge is 0.270 e. The summed E-state index contributed by atoms with van der Waals surface area (Å²) in [6.07, 6.45) is 1.85. The molecule has 2 aromatic heterocycles. The van der Waals surface area contributed by atoms with Gasteiger partial charge in [0.1, 0.15) is 23.1 Å². The number of anilines is 1. The van der Waals surface area contributed by atoms with E-state index in [2.05, 4.69) is 20.3 Å². The summed E-state index contributed by atoms with van der Waals surface area (Å²) in [5.74, 6) is 0.783. The highest BCUT2D eigenvalue weighted by Gasteiger charge is 2.08. The molecule has 0 unspecified atom stereocenters. The molecular weight excluding hydrogens is 274 g/mol. The van der Waals surface area contributed by atoms with Crippen LogP contribution < -0.4 is 21.3 Å². The summed E-state index contributed by atoms with van der Waals surface area (Å²) in [4.78, 5) is 33.6. The third-order valence-electron chi connectivity index (χ3n) is 2.66. The SMILES string of the molecule is COc1ccnc(C(=O)NCCc2nc(N)cc(=O)[nH]2)c1. The molecule has 8 heteroatoms. The van der Waals surface area contributed by atoms with Crippen LogP contribution in [0.1, 0.15) is 16.3 Å². The molecular formula is C13H15N5O3. The van der Waals surface area contributed by atoms with Crippen LogP contribution in [0, 0.1) is 0 Å². The number of hydrogen-bond acceptors (Lipinski definition) is 6. The van der Waals surface area contributed by atoms with Crippen LogP contribution in [-0.4, -0.2) is 34.5 Å². The molecule has 0 bridgehead atoms. The second-order valence-electron chi connectivity index (χ2n) is 4.20. The lowest BCUT2D eigenvalue weighted by Gasteiger charge is -2.06. The normalized spacial score (nSPS) is 10.1. The van der Waals surface area contributed by atoms with Crippen LogP contribution in [0.5, 0.6) is 5.75 Å². The standard InChI is InChI=1S/C13H15N5O3/c1-21-8-2-4-15-9(6-8)13(20)16-5-3-11-17-10(14)7-12(19)18-11/h2,4,6-7H,3,5H2,1H3,(H,16,20)(H3,14,17,18,19). The molecule has 0 aliphatic carbocycles. The highest BCUT2D eigenvalue weighted by Crippen LogP contribution is 2.09. The molecule has 0 radical (unpaired) electrons. The topological polar surface area (TPSA) is 123 Å². The molecule has 8 nitrogen and oxygen atoms in total. The molecule has 0 aliphatic rings. The van der Waals surface area contributed by atoms with Crippen LogP contribution in [0.25, 0.3) is 0 Å². The van der Waals surface area contributed by atoms with E-state index in [1.165, 1.54) is 25.4 Å². The second-order valence-corrected chi connectivity index (χ2v) is 4.20. The lowest BCUT2D eigenvalue weighted by Crippen LogP contribution is -2.27. The Kier molecular flexibility index (Phi) is 4.50. The van der Waals surface area contributed by atoms with Crippen molar-refractivity contribution in [2.45, 2.75) is 6.42 Å². The van der Waals surface area contributed by atoms with Gasteiger partial charge in [-0.25, -0.2) is 4.98 Å². The number of H-pyrrole nitrogens is 1. The van der Waals surface area contributed by atoms with Crippen molar-refractivity contribution in [2.24, 2.45) is 0 Å². The van der Waals surface area contributed by atoms with Gasteiger partial charge in [0.25, 0.3) is 11.5 Å². The van der Waals surface area contributed by atoms with Crippen LogP contribution in [0.15, 0.2) is 29.2 Å². The summed E-state index contributed by atoms with van der Waals surface area (Å²) in [5, 5.41) is 2.68. The van der Waals surface area contributed by atoms with Gasteiger partial charge < -0.3 is 20.8 Å². The average Bonchev–Trinajstić information content (AvgIpc) is 2.46. The van der Waals surface area contributed by atoms with E-state index in [4.69, 9.17) is 10.5 Å². The zero-order valence-electron chi connectivity index (χ0n) is 11.4. The molecule has 1 amide bonds. The molecule has 0 fully saturated rings. The first-order chi connectivity index (χ1) is 10.1. The van der Waals surface area contributed by atoms with Crippen molar-refractivity contribution >= 4 is 11.7 Å². The first kappa shape index (κ1) is 14.5. The number of rotatable bonds is 5. The van der Waals surface area contributed by atoms with E-state index in [1.807, 2.05) is 0 Å². The van der Waals surface area contributed by atoms with Gasteiger partial charge in [-0.3, -0.25) is 14.6 Å². The lowest BCUT2D eigenvalue weighted by molar-refractivity contribution is 0.0948. The molecule has 2 rings (SSSR count). The summed E-state index contributed by atoms with van der Waals surface area (Å²) >= 11 is 0. The Morgan fingerprint density at radius 1 is 1.48 bits per heavy atom. The molecule has 2 heterocycles. The van der Waals surface area contributed by atoms with Crippen molar-refractivity contribution in [2.75, 3.05) is 19.4 Å². The minimum absolute atomic E-state index is 0.148. The third-order valence-corrected chi connectivity index (χ3v) is 2.66. The second kappa shape index (κ2) is 6.51. The molecule has 0 atom stereocenters. The van der Waals surface area contributed by atoms with Gasteiger partial charge in [-0.05, 0) is 6.07 Å².